The summed E-state index contributed by atoms with van der Waals surface area (Å²) in [6.45, 7) is 8.74. The molecule has 2 unspecified atom stereocenters. The minimum atomic E-state index is -0.0478. The van der Waals surface area contributed by atoms with Crippen LogP contribution in [0.1, 0.15) is 22.5 Å². The number of hydrogen-bond acceptors (Lipinski definition) is 5. The molecule has 1 aliphatic rings. The lowest BCUT2D eigenvalue weighted by molar-refractivity contribution is -0.0805. The maximum absolute atomic E-state index is 9.14. The van der Waals surface area contributed by atoms with Crippen molar-refractivity contribution in [1.29, 1.82) is 0 Å². The van der Waals surface area contributed by atoms with Gasteiger partial charge < -0.3 is 9.84 Å². The molecule has 0 saturated carbocycles. The number of morpholine rings is 1. The lowest BCUT2D eigenvalue weighted by atomic mass is 10.2. The summed E-state index contributed by atoms with van der Waals surface area (Å²) in [5.41, 5.74) is 1.13. The van der Waals surface area contributed by atoms with Crippen LogP contribution in [0, 0.1) is 13.8 Å². The maximum atomic E-state index is 9.14. The van der Waals surface area contributed by atoms with E-state index in [0.29, 0.717) is 12.6 Å². The molecular weight excluding hydrogens is 236 g/mol. The molecule has 1 N–H and O–H groups in total. The summed E-state index contributed by atoms with van der Waals surface area (Å²) in [4.78, 5) is 8.19. The van der Waals surface area contributed by atoms with Crippen LogP contribution in [-0.2, 0) is 11.3 Å². The van der Waals surface area contributed by atoms with E-state index in [0.717, 1.165) is 23.8 Å². The van der Waals surface area contributed by atoms with Gasteiger partial charge in [-0.05, 0) is 20.8 Å². The quantitative estimate of drug-likeness (QED) is 0.886. The van der Waals surface area contributed by atoms with Gasteiger partial charge in [0.2, 0.25) is 0 Å². The molecule has 2 atom stereocenters. The molecule has 0 aromatic carbocycles. The van der Waals surface area contributed by atoms with Gasteiger partial charge in [-0.1, -0.05) is 0 Å². The Bertz CT molecular complexity index is 361. The molecule has 0 spiro atoms. The molecule has 2 heterocycles. The fourth-order valence-corrected chi connectivity index (χ4v) is 2.95. The second-order valence-electron chi connectivity index (χ2n) is 4.67. The third kappa shape index (κ3) is 3.04. The summed E-state index contributed by atoms with van der Waals surface area (Å²) in [7, 11) is 0. The summed E-state index contributed by atoms with van der Waals surface area (Å²) in [6, 6.07) is 0.391. The molecule has 0 bridgehead atoms. The van der Waals surface area contributed by atoms with Crippen LogP contribution < -0.4 is 0 Å². The molecule has 1 aromatic rings. The molecule has 1 aromatic heterocycles. The summed E-state index contributed by atoms with van der Waals surface area (Å²) < 4.78 is 5.53. The molecule has 1 fully saturated rings. The normalized spacial score (nSPS) is 26.4. The average molecular weight is 256 g/mol. The number of ether oxygens (including phenoxy) is 1. The van der Waals surface area contributed by atoms with Crippen LogP contribution in [-0.4, -0.2) is 46.9 Å². The largest absolute Gasteiger partial charge is 0.394 e. The summed E-state index contributed by atoms with van der Waals surface area (Å²) in [5, 5.41) is 10.3. The molecule has 0 radical (unpaired) electrons. The van der Waals surface area contributed by atoms with Gasteiger partial charge >= 0.3 is 0 Å². The van der Waals surface area contributed by atoms with Crippen LogP contribution in [0.4, 0.5) is 0 Å². The SMILES string of the molecule is Cc1nc(CN2CC(CO)OCC2C)sc1C. The second kappa shape index (κ2) is 5.44. The standard InChI is InChI=1S/C12H20N2O2S/c1-8-7-16-11(6-15)4-14(8)5-12-13-9(2)10(3)17-12/h8,11,15H,4-7H2,1-3H3. The van der Waals surface area contributed by atoms with Crippen molar-refractivity contribution >= 4 is 11.3 Å². The lowest BCUT2D eigenvalue weighted by Gasteiger charge is -2.36. The van der Waals surface area contributed by atoms with Gasteiger partial charge in [0.25, 0.3) is 0 Å². The first kappa shape index (κ1) is 13.0. The van der Waals surface area contributed by atoms with Gasteiger partial charge in [0.05, 0.1) is 31.6 Å². The highest BCUT2D eigenvalue weighted by atomic mass is 32.1. The molecular formula is C12H20N2O2S. The van der Waals surface area contributed by atoms with Gasteiger partial charge in [0, 0.05) is 17.5 Å². The number of nitrogens with zero attached hydrogens (tertiary/aromatic N) is 2. The highest BCUT2D eigenvalue weighted by Gasteiger charge is 2.26. The molecule has 1 saturated heterocycles. The van der Waals surface area contributed by atoms with Gasteiger partial charge in [-0.15, -0.1) is 11.3 Å². The van der Waals surface area contributed by atoms with Gasteiger partial charge in [0.15, 0.2) is 0 Å². The van der Waals surface area contributed by atoms with E-state index >= 15 is 0 Å². The van der Waals surface area contributed by atoms with Crippen molar-refractivity contribution in [1.82, 2.24) is 9.88 Å². The van der Waals surface area contributed by atoms with E-state index in [4.69, 9.17) is 9.84 Å². The monoisotopic (exact) mass is 256 g/mol. The Morgan fingerprint density at radius 2 is 2.29 bits per heavy atom. The van der Waals surface area contributed by atoms with E-state index in [2.05, 4.69) is 30.7 Å². The second-order valence-corrected chi connectivity index (χ2v) is 5.95. The Morgan fingerprint density at radius 3 is 2.88 bits per heavy atom. The van der Waals surface area contributed by atoms with Crippen molar-refractivity contribution in [3.8, 4) is 0 Å². The van der Waals surface area contributed by atoms with Gasteiger partial charge in [-0.3, -0.25) is 4.90 Å². The molecule has 0 amide bonds. The van der Waals surface area contributed by atoms with E-state index in [1.54, 1.807) is 11.3 Å². The smallest absolute Gasteiger partial charge is 0.107 e. The number of hydrogen-bond donors (Lipinski definition) is 1. The third-order valence-corrected chi connectivity index (χ3v) is 4.31. The first-order valence-electron chi connectivity index (χ1n) is 5.99. The van der Waals surface area contributed by atoms with Crippen molar-refractivity contribution < 1.29 is 9.84 Å². The maximum Gasteiger partial charge on any atom is 0.107 e. The third-order valence-electron chi connectivity index (χ3n) is 3.25. The highest BCUT2D eigenvalue weighted by Crippen LogP contribution is 2.21. The van der Waals surface area contributed by atoms with Gasteiger partial charge in [-0.25, -0.2) is 4.98 Å². The number of rotatable bonds is 3. The van der Waals surface area contributed by atoms with Gasteiger partial charge in [-0.2, -0.15) is 0 Å². The Morgan fingerprint density at radius 1 is 1.53 bits per heavy atom. The van der Waals surface area contributed by atoms with Crippen molar-refractivity contribution in [3.05, 3.63) is 15.6 Å². The number of thiazole rings is 1. The van der Waals surface area contributed by atoms with Crippen LogP contribution in [0.2, 0.25) is 0 Å². The first-order chi connectivity index (χ1) is 8.10. The Kier molecular flexibility index (Phi) is 4.14. The molecule has 4 nitrogen and oxygen atoms in total. The topological polar surface area (TPSA) is 45.6 Å². The Balaban J connectivity index is 2.01. The minimum absolute atomic E-state index is 0.0478. The van der Waals surface area contributed by atoms with E-state index in [1.165, 1.54) is 4.88 Å². The zero-order chi connectivity index (χ0) is 12.4. The van der Waals surface area contributed by atoms with E-state index in [1.807, 2.05) is 0 Å². The predicted octanol–water partition coefficient (Wildman–Crippen LogP) is 1.34. The number of aryl methyl sites for hydroxylation is 2. The minimum Gasteiger partial charge on any atom is -0.394 e. The van der Waals surface area contributed by atoms with Crippen molar-refractivity contribution in [2.45, 2.75) is 39.5 Å². The van der Waals surface area contributed by atoms with Crippen LogP contribution in [0.15, 0.2) is 0 Å². The van der Waals surface area contributed by atoms with E-state index in [-0.39, 0.29) is 12.7 Å². The summed E-state index contributed by atoms with van der Waals surface area (Å²) >= 11 is 1.76. The molecule has 2 rings (SSSR count). The predicted molar refractivity (Wildman–Crippen MR) is 68.3 cm³/mol. The summed E-state index contributed by atoms with van der Waals surface area (Å²) in [6.07, 6.45) is -0.0478. The van der Waals surface area contributed by atoms with Gasteiger partial charge in [0.1, 0.15) is 5.01 Å². The average Bonchev–Trinajstić information content (AvgIpc) is 2.61. The van der Waals surface area contributed by atoms with E-state index in [9.17, 15) is 0 Å². The van der Waals surface area contributed by atoms with Crippen LogP contribution in [0.25, 0.3) is 0 Å². The molecule has 0 aliphatic carbocycles. The van der Waals surface area contributed by atoms with Crippen molar-refractivity contribution in [2.75, 3.05) is 19.8 Å². The van der Waals surface area contributed by atoms with Crippen molar-refractivity contribution in [3.63, 3.8) is 0 Å². The zero-order valence-corrected chi connectivity index (χ0v) is 11.5. The lowest BCUT2D eigenvalue weighted by Crippen LogP contribution is -2.48. The summed E-state index contributed by atoms with van der Waals surface area (Å²) in [5.74, 6) is 0. The number of aromatic nitrogens is 1. The van der Waals surface area contributed by atoms with E-state index < -0.39 is 0 Å². The molecule has 5 heteroatoms. The molecule has 17 heavy (non-hydrogen) atoms. The Labute approximate surface area is 106 Å². The first-order valence-corrected chi connectivity index (χ1v) is 6.81. The zero-order valence-electron chi connectivity index (χ0n) is 10.6. The van der Waals surface area contributed by atoms with Crippen LogP contribution >= 0.6 is 11.3 Å². The van der Waals surface area contributed by atoms with Crippen LogP contribution in [0.3, 0.4) is 0 Å². The Hall–Kier alpha value is -0.490. The highest BCUT2D eigenvalue weighted by molar-refractivity contribution is 7.11. The number of aliphatic hydroxyl groups excluding tert-OH is 1. The number of aliphatic hydroxyl groups is 1. The molecule has 1 aliphatic heterocycles. The van der Waals surface area contributed by atoms with Crippen molar-refractivity contribution in [2.24, 2.45) is 0 Å². The fourth-order valence-electron chi connectivity index (χ4n) is 1.99. The molecule has 96 valence electrons. The fraction of sp³-hybridized carbons (Fsp3) is 0.750. The van der Waals surface area contributed by atoms with Crippen LogP contribution in [0.5, 0.6) is 0 Å².